The molecule has 8 heteroatoms. The Morgan fingerprint density at radius 1 is 1.07 bits per heavy atom. The van der Waals surface area contributed by atoms with Gasteiger partial charge in [-0.1, -0.05) is 17.7 Å². The highest BCUT2D eigenvalue weighted by Gasteiger charge is 2.20. The van der Waals surface area contributed by atoms with Crippen molar-refractivity contribution in [2.75, 3.05) is 50.8 Å². The number of nitrogens with zero attached hydrogens (tertiary/aromatic N) is 3. The topological polar surface area (TPSA) is 66.2 Å². The summed E-state index contributed by atoms with van der Waals surface area (Å²) in [4.78, 5) is 30.7. The summed E-state index contributed by atoms with van der Waals surface area (Å²) in [5.41, 5.74) is 0.863. The van der Waals surface area contributed by atoms with Gasteiger partial charge >= 0.3 is 0 Å². The van der Waals surface area contributed by atoms with Gasteiger partial charge in [0, 0.05) is 56.0 Å². The highest BCUT2D eigenvalue weighted by atomic mass is 35.5. The average molecular weight is 432 g/mol. The zero-order valence-electron chi connectivity index (χ0n) is 16.9. The van der Waals surface area contributed by atoms with Crippen molar-refractivity contribution >= 4 is 23.2 Å². The first-order chi connectivity index (χ1) is 14.6. The molecule has 0 atom stereocenters. The minimum absolute atomic E-state index is 0.0806. The first-order valence-corrected chi connectivity index (χ1v) is 10.7. The molecule has 0 N–H and O–H groups in total. The van der Waals surface area contributed by atoms with E-state index < -0.39 is 0 Å². The number of hydrogen-bond acceptors (Lipinski definition) is 6. The van der Waals surface area contributed by atoms with Crippen molar-refractivity contribution in [1.82, 2.24) is 9.80 Å². The normalized spacial score (nSPS) is 17.4. The molecule has 1 aromatic carbocycles. The fourth-order valence-corrected chi connectivity index (χ4v) is 4.07. The maximum atomic E-state index is 12.3. The number of carbonyl (C=O) groups excluding carboxylic acids is 1. The Balaban J connectivity index is 1.27. The van der Waals surface area contributed by atoms with Crippen LogP contribution in [0.1, 0.15) is 18.6 Å². The first-order valence-electron chi connectivity index (χ1n) is 10.3. The van der Waals surface area contributed by atoms with Gasteiger partial charge in [-0.05, 0) is 31.0 Å². The molecule has 160 valence electrons. The number of anilines is 1. The summed E-state index contributed by atoms with van der Waals surface area (Å²) in [5, 5.41) is 0.737. The molecule has 4 rings (SSSR count). The minimum Gasteiger partial charge on any atom is -0.477 e. The van der Waals surface area contributed by atoms with Gasteiger partial charge in [-0.15, -0.1) is 0 Å². The maximum Gasteiger partial charge on any atom is 0.260 e. The van der Waals surface area contributed by atoms with E-state index >= 15 is 0 Å². The van der Waals surface area contributed by atoms with Crippen molar-refractivity contribution in [3.05, 3.63) is 57.6 Å². The summed E-state index contributed by atoms with van der Waals surface area (Å²) in [5.74, 6) is 0.583. The molecule has 2 aliphatic rings. The van der Waals surface area contributed by atoms with E-state index in [1.54, 1.807) is 4.90 Å². The van der Waals surface area contributed by atoms with E-state index in [4.69, 9.17) is 20.8 Å². The largest absolute Gasteiger partial charge is 0.477 e. The zero-order chi connectivity index (χ0) is 20.9. The Hall–Kier alpha value is -2.51. The molecule has 2 aliphatic heterocycles. The molecular formula is C22H26ClN3O4. The van der Waals surface area contributed by atoms with E-state index in [-0.39, 0.29) is 23.7 Å². The van der Waals surface area contributed by atoms with E-state index in [1.165, 1.54) is 12.3 Å². The second kappa shape index (κ2) is 9.53. The number of ether oxygens (including phenoxy) is 1. The molecule has 0 unspecified atom stereocenters. The van der Waals surface area contributed by atoms with Crippen molar-refractivity contribution < 1.29 is 13.9 Å². The molecule has 0 spiro atoms. The molecule has 1 amide bonds. The van der Waals surface area contributed by atoms with Crippen LogP contribution in [0, 0.1) is 0 Å². The maximum absolute atomic E-state index is 12.3. The third-order valence-electron chi connectivity index (χ3n) is 5.59. The highest BCUT2D eigenvalue weighted by molar-refractivity contribution is 6.30. The molecule has 2 aromatic rings. The van der Waals surface area contributed by atoms with Gasteiger partial charge in [0.1, 0.15) is 12.0 Å². The predicted octanol–water partition coefficient (Wildman–Crippen LogP) is 2.62. The lowest BCUT2D eigenvalue weighted by atomic mass is 10.2. The van der Waals surface area contributed by atoms with Crippen LogP contribution in [-0.2, 0) is 11.3 Å². The van der Waals surface area contributed by atoms with Crippen LogP contribution in [-0.4, -0.2) is 61.6 Å². The van der Waals surface area contributed by atoms with Crippen molar-refractivity contribution in [3.63, 3.8) is 0 Å². The molecule has 3 heterocycles. The minimum atomic E-state index is -0.261. The summed E-state index contributed by atoms with van der Waals surface area (Å²) >= 11 is 6.09. The van der Waals surface area contributed by atoms with Gasteiger partial charge in [-0.3, -0.25) is 14.5 Å². The average Bonchev–Trinajstić information content (AvgIpc) is 3.29. The third kappa shape index (κ3) is 5.15. The molecule has 0 radical (unpaired) electrons. The molecule has 30 heavy (non-hydrogen) atoms. The smallest absolute Gasteiger partial charge is 0.260 e. The summed E-state index contributed by atoms with van der Waals surface area (Å²) < 4.78 is 11.0. The lowest BCUT2D eigenvalue weighted by Crippen LogP contribution is -2.46. The Kier molecular flexibility index (Phi) is 6.59. The first kappa shape index (κ1) is 20.8. The fraction of sp³-hybridized carbons (Fsp3) is 0.455. The molecule has 0 aliphatic carbocycles. The van der Waals surface area contributed by atoms with Gasteiger partial charge in [-0.2, -0.15) is 0 Å². The molecule has 1 aromatic heterocycles. The van der Waals surface area contributed by atoms with Crippen LogP contribution in [0.4, 0.5) is 5.69 Å². The van der Waals surface area contributed by atoms with E-state index in [2.05, 4.69) is 15.9 Å². The number of piperazine rings is 1. The number of hydrogen-bond donors (Lipinski definition) is 0. The van der Waals surface area contributed by atoms with Crippen molar-refractivity contribution in [3.8, 4) is 5.75 Å². The second-order valence-corrected chi connectivity index (χ2v) is 8.13. The fourth-order valence-electron chi connectivity index (χ4n) is 3.88. The Bertz CT molecular complexity index is 934. The van der Waals surface area contributed by atoms with Gasteiger partial charge in [-0.25, -0.2) is 0 Å². The monoisotopic (exact) mass is 431 g/mol. The molecule has 7 nitrogen and oxygen atoms in total. The summed E-state index contributed by atoms with van der Waals surface area (Å²) in [7, 11) is 0. The number of benzene rings is 1. The van der Waals surface area contributed by atoms with Crippen LogP contribution in [0.2, 0.25) is 5.02 Å². The van der Waals surface area contributed by atoms with Crippen LogP contribution in [0.5, 0.6) is 5.75 Å². The number of amides is 1. The second-order valence-electron chi connectivity index (χ2n) is 7.69. The van der Waals surface area contributed by atoms with Crippen molar-refractivity contribution in [2.24, 2.45) is 0 Å². The quantitative estimate of drug-likeness (QED) is 0.700. The Morgan fingerprint density at radius 2 is 1.83 bits per heavy atom. The van der Waals surface area contributed by atoms with Gasteiger partial charge < -0.3 is 19.0 Å². The van der Waals surface area contributed by atoms with Crippen molar-refractivity contribution in [2.45, 2.75) is 19.4 Å². The summed E-state index contributed by atoms with van der Waals surface area (Å²) in [6, 6.07) is 9.33. The molecule has 2 saturated heterocycles. The van der Waals surface area contributed by atoms with Crippen molar-refractivity contribution in [1.29, 1.82) is 0 Å². The van der Waals surface area contributed by atoms with Gasteiger partial charge in [0.2, 0.25) is 11.2 Å². The van der Waals surface area contributed by atoms with Crippen LogP contribution in [0.3, 0.4) is 0 Å². The van der Waals surface area contributed by atoms with E-state index in [0.717, 1.165) is 62.8 Å². The standard InChI is InChI=1S/C22H26ClN3O4/c23-17-4-3-5-18(12-17)25-10-8-24(9-11-25)14-19-13-20(27)21(15-29-19)30-16-22(28)26-6-1-2-7-26/h3-5,12-13,15H,1-2,6-11,14,16H2. The number of halogens is 1. The molecule has 2 fully saturated rings. The number of likely N-dealkylation sites (tertiary alicyclic amines) is 1. The Morgan fingerprint density at radius 3 is 2.53 bits per heavy atom. The molecular weight excluding hydrogens is 406 g/mol. The lowest BCUT2D eigenvalue weighted by Gasteiger charge is -2.35. The third-order valence-corrected chi connectivity index (χ3v) is 5.82. The number of rotatable bonds is 6. The van der Waals surface area contributed by atoms with Crippen LogP contribution in [0.15, 0.2) is 45.8 Å². The number of carbonyl (C=O) groups is 1. The van der Waals surface area contributed by atoms with Gasteiger partial charge in [0.15, 0.2) is 6.61 Å². The lowest BCUT2D eigenvalue weighted by molar-refractivity contribution is -0.132. The SMILES string of the molecule is O=C(COc1coc(CN2CCN(c3cccc(Cl)c3)CC2)cc1=O)N1CCCC1. The zero-order valence-corrected chi connectivity index (χ0v) is 17.6. The van der Waals surface area contributed by atoms with Gasteiger partial charge in [0.05, 0.1) is 6.54 Å². The summed E-state index contributed by atoms with van der Waals surface area (Å²) in [6.07, 6.45) is 3.36. The van der Waals surface area contributed by atoms with Crippen LogP contribution < -0.4 is 15.1 Å². The van der Waals surface area contributed by atoms with Crippen LogP contribution >= 0.6 is 11.6 Å². The molecule has 0 bridgehead atoms. The predicted molar refractivity (Wildman–Crippen MR) is 115 cm³/mol. The van der Waals surface area contributed by atoms with E-state index in [0.29, 0.717) is 12.3 Å². The van der Waals surface area contributed by atoms with Gasteiger partial charge in [0.25, 0.3) is 5.91 Å². The highest BCUT2D eigenvalue weighted by Crippen LogP contribution is 2.21. The van der Waals surface area contributed by atoms with E-state index in [9.17, 15) is 9.59 Å². The molecule has 0 saturated carbocycles. The van der Waals surface area contributed by atoms with E-state index in [1.807, 2.05) is 18.2 Å². The van der Waals surface area contributed by atoms with Crippen LogP contribution in [0.25, 0.3) is 0 Å². The Labute approximate surface area is 180 Å². The summed E-state index contributed by atoms with van der Waals surface area (Å²) in [6.45, 7) is 5.44.